The fourth-order valence-corrected chi connectivity index (χ4v) is 3.00. The molecule has 0 bridgehead atoms. The van der Waals surface area contributed by atoms with Crippen molar-refractivity contribution in [3.63, 3.8) is 0 Å². The maximum absolute atomic E-state index is 4.51. The standard InChI is InChI=1S/C16H17N5/c1-2-5-13(12(4-1)10-21-9-3-7-20-21)15-16-14(6-8-17-15)18-11-19-16/h1-5,7,9,11,15,17H,6,8,10H2,(H,18,19)/t15-/m1/s1. The average Bonchev–Trinajstić information content (AvgIpc) is 3.18. The van der Waals surface area contributed by atoms with E-state index in [1.165, 1.54) is 16.8 Å². The number of fused-ring (bicyclic) bond motifs is 1. The van der Waals surface area contributed by atoms with Gasteiger partial charge in [-0.05, 0) is 17.2 Å². The van der Waals surface area contributed by atoms with Crippen LogP contribution < -0.4 is 5.32 Å². The molecule has 2 aromatic heterocycles. The van der Waals surface area contributed by atoms with Crippen molar-refractivity contribution in [3.8, 4) is 0 Å². The first-order valence-electron chi connectivity index (χ1n) is 7.22. The van der Waals surface area contributed by atoms with E-state index in [2.05, 4.69) is 44.6 Å². The van der Waals surface area contributed by atoms with Crippen molar-refractivity contribution in [2.75, 3.05) is 6.54 Å². The van der Waals surface area contributed by atoms with Crippen LogP contribution in [0.4, 0.5) is 0 Å². The molecule has 21 heavy (non-hydrogen) atoms. The van der Waals surface area contributed by atoms with E-state index in [0.29, 0.717) is 0 Å². The molecule has 1 atom stereocenters. The third-order valence-electron chi connectivity index (χ3n) is 4.01. The molecular weight excluding hydrogens is 262 g/mol. The van der Waals surface area contributed by atoms with Crippen molar-refractivity contribution in [1.29, 1.82) is 0 Å². The van der Waals surface area contributed by atoms with Crippen LogP contribution in [0.1, 0.15) is 28.6 Å². The van der Waals surface area contributed by atoms with Crippen molar-refractivity contribution in [3.05, 3.63) is 71.6 Å². The van der Waals surface area contributed by atoms with Crippen molar-refractivity contribution < 1.29 is 0 Å². The normalized spacial score (nSPS) is 17.6. The molecule has 0 amide bonds. The monoisotopic (exact) mass is 279 g/mol. The van der Waals surface area contributed by atoms with Gasteiger partial charge in [0.25, 0.3) is 0 Å². The Morgan fingerprint density at radius 3 is 3.10 bits per heavy atom. The summed E-state index contributed by atoms with van der Waals surface area (Å²) in [6.07, 6.45) is 6.60. The molecule has 3 heterocycles. The van der Waals surface area contributed by atoms with Gasteiger partial charge in [-0.25, -0.2) is 4.98 Å². The van der Waals surface area contributed by atoms with E-state index in [1.807, 2.05) is 23.1 Å². The lowest BCUT2D eigenvalue weighted by Gasteiger charge is -2.25. The summed E-state index contributed by atoms with van der Waals surface area (Å²) in [6.45, 7) is 1.75. The first kappa shape index (κ1) is 12.3. The zero-order valence-electron chi connectivity index (χ0n) is 11.7. The van der Waals surface area contributed by atoms with E-state index in [0.717, 1.165) is 25.2 Å². The molecule has 4 rings (SSSR count). The summed E-state index contributed by atoms with van der Waals surface area (Å²) in [5, 5.41) is 7.89. The van der Waals surface area contributed by atoms with Gasteiger partial charge >= 0.3 is 0 Å². The number of hydrogen-bond donors (Lipinski definition) is 2. The Labute approximate surface area is 123 Å². The van der Waals surface area contributed by atoms with Crippen LogP contribution in [0.2, 0.25) is 0 Å². The zero-order chi connectivity index (χ0) is 14.1. The van der Waals surface area contributed by atoms with Crippen molar-refractivity contribution in [2.45, 2.75) is 19.0 Å². The van der Waals surface area contributed by atoms with Gasteiger partial charge in [-0.2, -0.15) is 5.10 Å². The average molecular weight is 279 g/mol. The van der Waals surface area contributed by atoms with Crippen LogP contribution in [0.5, 0.6) is 0 Å². The molecule has 1 aliphatic heterocycles. The Morgan fingerprint density at radius 2 is 2.19 bits per heavy atom. The molecule has 2 N–H and O–H groups in total. The molecular formula is C16H17N5. The van der Waals surface area contributed by atoms with Crippen LogP contribution in [-0.2, 0) is 13.0 Å². The summed E-state index contributed by atoms with van der Waals surface area (Å²) in [5.74, 6) is 0. The number of benzene rings is 1. The molecule has 1 aromatic carbocycles. The molecule has 0 radical (unpaired) electrons. The second-order valence-electron chi connectivity index (χ2n) is 5.31. The van der Waals surface area contributed by atoms with Gasteiger partial charge in [0.15, 0.2) is 0 Å². The maximum atomic E-state index is 4.51. The van der Waals surface area contributed by atoms with Crippen LogP contribution in [0.25, 0.3) is 0 Å². The third-order valence-corrected chi connectivity index (χ3v) is 4.01. The predicted molar refractivity (Wildman–Crippen MR) is 79.9 cm³/mol. The number of hydrogen-bond acceptors (Lipinski definition) is 3. The second kappa shape index (κ2) is 5.18. The van der Waals surface area contributed by atoms with Gasteiger partial charge in [0.05, 0.1) is 24.6 Å². The summed E-state index contributed by atoms with van der Waals surface area (Å²) < 4.78 is 1.95. The summed E-state index contributed by atoms with van der Waals surface area (Å²) in [4.78, 5) is 7.77. The van der Waals surface area contributed by atoms with Gasteiger partial charge in [-0.1, -0.05) is 24.3 Å². The van der Waals surface area contributed by atoms with E-state index in [-0.39, 0.29) is 6.04 Å². The number of aromatic amines is 1. The zero-order valence-corrected chi connectivity index (χ0v) is 11.7. The summed E-state index contributed by atoms with van der Waals surface area (Å²) in [7, 11) is 0. The molecule has 5 heteroatoms. The summed E-state index contributed by atoms with van der Waals surface area (Å²) >= 11 is 0. The second-order valence-corrected chi connectivity index (χ2v) is 5.31. The van der Waals surface area contributed by atoms with Crippen LogP contribution in [0, 0.1) is 0 Å². The summed E-state index contributed by atoms with van der Waals surface area (Å²) in [5.41, 5.74) is 4.91. The van der Waals surface area contributed by atoms with Crippen LogP contribution in [0.3, 0.4) is 0 Å². The molecule has 106 valence electrons. The van der Waals surface area contributed by atoms with E-state index in [1.54, 1.807) is 6.33 Å². The van der Waals surface area contributed by atoms with E-state index >= 15 is 0 Å². The van der Waals surface area contributed by atoms with Gasteiger partial charge in [0, 0.05) is 31.1 Å². The minimum absolute atomic E-state index is 0.159. The topological polar surface area (TPSA) is 58.5 Å². The lowest BCUT2D eigenvalue weighted by atomic mass is 9.94. The molecule has 1 aliphatic rings. The Balaban J connectivity index is 1.73. The fraction of sp³-hybridized carbons (Fsp3) is 0.250. The predicted octanol–water partition coefficient (Wildman–Crippen LogP) is 1.89. The minimum atomic E-state index is 0.159. The van der Waals surface area contributed by atoms with Gasteiger partial charge in [-0.15, -0.1) is 0 Å². The Morgan fingerprint density at radius 1 is 1.24 bits per heavy atom. The van der Waals surface area contributed by atoms with Gasteiger partial charge in [-0.3, -0.25) is 4.68 Å². The van der Waals surface area contributed by atoms with Crippen molar-refractivity contribution >= 4 is 0 Å². The lowest BCUT2D eigenvalue weighted by molar-refractivity contribution is 0.546. The van der Waals surface area contributed by atoms with Crippen molar-refractivity contribution in [1.82, 2.24) is 25.1 Å². The minimum Gasteiger partial charge on any atom is -0.348 e. The Bertz CT molecular complexity index is 729. The van der Waals surface area contributed by atoms with Gasteiger partial charge < -0.3 is 10.3 Å². The quantitative estimate of drug-likeness (QED) is 0.769. The number of H-pyrrole nitrogens is 1. The van der Waals surface area contributed by atoms with E-state index in [4.69, 9.17) is 0 Å². The molecule has 0 unspecified atom stereocenters. The molecule has 5 nitrogen and oxygen atoms in total. The smallest absolute Gasteiger partial charge is 0.0926 e. The number of nitrogens with zero attached hydrogens (tertiary/aromatic N) is 3. The maximum Gasteiger partial charge on any atom is 0.0926 e. The molecule has 0 fully saturated rings. The van der Waals surface area contributed by atoms with Gasteiger partial charge in [0.1, 0.15) is 0 Å². The first-order chi connectivity index (χ1) is 10.4. The highest BCUT2D eigenvalue weighted by Gasteiger charge is 2.25. The number of imidazole rings is 1. The summed E-state index contributed by atoms with van der Waals surface area (Å²) in [6, 6.07) is 10.6. The van der Waals surface area contributed by atoms with E-state index < -0.39 is 0 Å². The molecule has 0 saturated heterocycles. The van der Waals surface area contributed by atoms with Gasteiger partial charge in [0.2, 0.25) is 0 Å². The highest BCUT2D eigenvalue weighted by molar-refractivity contribution is 5.38. The molecule has 0 saturated carbocycles. The van der Waals surface area contributed by atoms with Crippen molar-refractivity contribution in [2.24, 2.45) is 0 Å². The largest absolute Gasteiger partial charge is 0.348 e. The highest BCUT2D eigenvalue weighted by Crippen LogP contribution is 2.28. The van der Waals surface area contributed by atoms with Crippen LogP contribution >= 0.6 is 0 Å². The highest BCUT2D eigenvalue weighted by atomic mass is 15.3. The Hall–Kier alpha value is -2.40. The SMILES string of the molecule is c1ccc([C@H]2NCCc3[nH]cnc32)c(Cn2cccn2)c1. The fourth-order valence-electron chi connectivity index (χ4n) is 3.00. The van der Waals surface area contributed by atoms with E-state index in [9.17, 15) is 0 Å². The molecule has 0 spiro atoms. The number of rotatable bonds is 3. The molecule has 3 aromatic rings. The Kier molecular flexibility index (Phi) is 3.05. The van der Waals surface area contributed by atoms with Crippen LogP contribution in [-0.4, -0.2) is 26.3 Å². The third kappa shape index (κ3) is 2.25. The first-order valence-corrected chi connectivity index (χ1v) is 7.22. The number of aromatic nitrogens is 4. The van der Waals surface area contributed by atoms with Crippen LogP contribution in [0.15, 0.2) is 49.1 Å². The molecule has 0 aliphatic carbocycles. The number of nitrogens with one attached hydrogen (secondary N) is 2. The lowest BCUT2D eigenvalue weighted by Crippen LogP contribution is -2.31.